The van der Waals surface area contributed by atoms with Crippen LogP contribution in [-0.4, -0.2) is 22.5 Å². The van der Waals surface area contributed by atoms with E-state index in [0.717, 1.165) is 28.1 Å². The van der Waals surface area contributed by atoms with Gasteiger partial charge in [-0.2, -0.15) is 5.26 Å². The van der Waals surface area contributed by atoms with Crippen LogP contribution in [0, 0.1) is 18.3 Å². The highest BCUT2D eigenvalue weighted by molar-refractivity contribution is 5.92. The van der Waals surface area contributed by atoms with Crippen molar-refractivity contribution in [2.45, 2.75) is 13.5 Å². The number of urea groups is 1. The summed E-state index contributed by atoms with van der Waals surface area (Å²) in [7, 11) is 3.39. The number of nitriles is 1. The molecular weight excluding hydrogens is 292 g/mol. The van der Waals surface area contributed by atoms with Gasteiger partial charge in [0.25, 0.3) is 5.56 Å². The van der Waals surface area contributed by atoms with Gasteiger partial charge in [0, 0.05) is 37.6 Å². The second-order valence-corrected chi connectivity index (χ2v) is 5.69. The van der Waals surface area contributed by atoms with Crippen LogP contribution in [0.5, 0.6) is 0 Å². The Morgan fingerprint density at radius 3 is 2.65 bits per heavy atom. The summed E-state index contributed by atoms with van der Waals surface area (Å²) < 4.78 is 1.49. The smallest absolute Gasteiger partial charge is 0.321 e. The number of amides is 2. The second kappa shape index (κ2) is 5.29. The van der Waals surface area contributed by atoms with Gasteiger partial charge in [-0.1, -0.05) is 6.07 Å². The SMILES string of the molecule is Cc1c(-c2ccc3c(c2)CN(C)C(=O)N3)cc(C#N)c(=O)n1C. The molecule has 1 aliphatic heterocycles. The summed E-state index contributed by atoms with van der Waals surface area (Å²) in [5.74, 6) is 0. The molecule has 0 bridgehead atoms. The lowest BCUT2D eigenvalue weighted by Gasteiger charge is -2.26. The number of hydrogen-bond acceptors (Lipinski definition) is 3. The molecule has 0 atom stereocenters. The molecule has 0 radical (unpaired) electrons. The number of carbonyl (C=O) groups is 1. The fourth-order valence-corrected chi connectivity index (χ4v) is 2.75. The van der Waals surface area contributed by atoms with Crippen molar-refractivity contribution >= 4 is 11.7 Å². The standard InChI is InChI=1S/C17H16N4O2/c1-10-14(7-12(8-18)16(22)21(10)3)11-4-5-15-13(6-11)9-20(2)17(23)19-15/h4-7H,9H2,1-3H3,(H,19,23). The van der Waals surface area contributed by atoms with E-state index in [0.29, 0.717) is 6.54 Å². The van der Waals surface area contributed by atoms with E-state index in [-0.39, 0.29) is 17.2 Å². The van der Waals surface area contributed by atoms with E-state index in [1.807, 2.05) is 31.2 Å². The average Bonchev–Trinajstić information content (AvgIpc) is 2.54. The first-order valence-corrected chi connectivity index (χ1v) is 7.18. The quantitative estimate of drug-likeness (QED) is 0.877. The van der Waals surface area contributed by atoms with Crippen LogP contribution in [0.1, 0.15) is 16.8 Å². The van der Waals surface area contributed by atoms with E-state index < -0.39 is 0 Å². The molecule has 0 spiro atoms. The number of benzene rings is 1. The van der Waals surface area contributed by atoms with Gasteiger partial charge in [-0.3, -0.25) is 4.79 Å². The fourth-order valence-electron chi connectivity index (χ4n) is 2.75. The third kappa shape index (κ3) is 2.36. The van der Waals surface area contributed by atoms with E-state index in [1.54, 1.807) is 25.1 Å². The number of nitrogens with zero attached hydrogens (tertiary/aromatic N) is 3. The maximum atomic E-state index is 12.0. The number of pyridine rings is 1. The topological polar surface area (TPSA) is 78.1 Å². The predicted octanol–water partition coefficient (Wildman–Crippen LogP) is 2.21. The second-order valence-electron chi connectivity index (χ2n) is 5.69. The van der Waals surface area contributed by atoms with Crippen LogP contribution in [0.2, 0.25) is 0 Å². The van der Waals surface area contributed by atoms with Gasteiger partial charge < -0.3 is 14.8 Å². The highest BCUT2D eigenvalue weighted by Crippen LogP contribution is 2.30. The minimum absolute atomic E-state index is 0.122. The Morgan fingerprint density at radius 1 is 1.22 bits per heavy atom. The Labute approximate surface area is 133 Å². The Hall–Kier alpha value is -3.07. The molecule has 3 rings (SSSR count). The lowest BCUT2D eigenvalue weighted by atomic mass is 9.98. The van der Waals surface area contributed by atoms with Crippen molar-refractivity contribution in [1.82, 2.24) is 9.47 Å². The van der Waals surface area contributed by atoms with Crippen LogP contribution in [0.3, 0.4) is 0 Å². The van der Waals surface area contributed by atoms with Gasteiger partial charge in [0.2, 0.25) is 0 Å². The molecule has 1 aliphatic rings. The van der Waals surface area contributed by atoms with Crippen LogP contribution in [-0.2, 0) is 13.6 Å². The highest BCUT2D eigenvalue weighted by atomic mass is 16.2. The van der Waals surface area contributed by atoms with Gasteiger partial charge in [-0.15, -0.1) is 0 Å². The monoisotopic (exact) mass is 308 g/mol. The highest BCUT2D eigenvalue weighted by Gasteiger charge is 2.20. The molecular formula is C17H16N4O2. The summed E-state index contributed by atoms with van der Waals surface area (Å²) >= 11 is 0. The van der Waals surface area contributed by atoms with E-state index in [4.69, 9.17) is 5.26 Å². The van der Waals surface area contributed by atoms with Crippen LogP contribution in [0.15, 0.2) is 29.1 Å². The van der Waals surface area contributed by atoms with Gasteiger partial charge in [-0.05, 0) is 36.2 Å². The molecule has 1 aromatic heterocycles. The van der Waals surface area contributed by atoms with E-state index in [9.17, 15) is 9.59 Å². The molecule has 23 heavy (non-hydrogen) atoms. The molecule has 2 amide bonds. The van der Waals surface area contributed by atoms with Crippen LogP contribution in [0.4, 0.5) is 10.5 Å². The zero-order valence-corrected chi connectivity index (χ0v) is 13.2. The minimum atomic E-state index is -0.293. The first-order valence-electron chi connectivity index (χ1n) is 7.18. The van der Waals surface area contributed by atoms with E-state index in [2.05, 4.69) is 5.32 Å². The van der Waals surface area contributed by atoms with Gasteiger partial charge in [-0.25, -0.2) is 4.79 Å². The lowest BCUT2D eigenvalue weighted by Crippen LogP contribution is -2.35. The molecule has 1 aromatic carbocycles. The number of nitrogens with one attached hydrogen (secondary N) is 1. The van der Waals surface area contributed by atoms with Crippen LogP contribution < -0.4 is 10.9 Å². The Morgan fingerprint density at radius 2 is 1.96 bits per heavy atom. The number of anilines is 1. The van der Waals surface area contributed by atoms with Gasteiger partial charge in [0.15, 0.2) is 0 Å². The van der Waals surface area contributed by atoms with Crippen LogP contribution in [0.25, 0.3) is 11.1 Å². The summed E-state index contributed by atoms with van der Waals surface area (Å²) in [6, 6.07) is 9.18. The lowest BCUT2D eigenvalue weighted by molar-refractivity contribution is 0.218. The zero-order valence-electron chi connectivity index (χ0n) is 13.2. The van der Waals surface area contributed by atoms with Gasteiger partial charge >= 0.3 is 6.03 Å². The third-order valence-corrected chi connectivity index (χ3v) is 4.25. The maximum Gasteiger partial charge on any atom is 0.321 e. The minimum Gasteiger partial charge on any atom is -0.323 e. The summed E-state index contributed by atoms with van der Waals surface area (Å²) in [6.45, 7) is 2.37. The van der Waals surface area contributed by atoms with Crippen molar-refractivity contribution < 1.29 is 4.79 Å². The predicted molar refractivity (Wildman–Crippen MR) is 87.1 cm³/mol. The first kappa shape index (κ1) is 14.9. The summed E-state index contributed by atoms with van der Waals surface area (Å²) in [5.41, 5.74) is 4.16. The fraction of sp³-hybridized carbons (Fsp3) is 0.235. The molecule has 0 aliphatic carbocycles. The molecule has 0 saturated heterocycles. The summed E-state index contributed by atoms with van der Waals surface area (Å²) in [5, 5.41) is 12.0. The van der Waals surface area contributed by atoms with Crippen molar-refractivity contribution in [3.8, 4) is 17.2 Å². The van der Waals surface area contributed by atoms with Crippen molar-refractivity contribution in [2.75, 3.05) is 12.4 Å². The largest absolute Gasteiger partial charge is 0.323 e. The zero-order chi connectivity index (χ0) is 16.7. The number of aromatic nitrogens is 1. The van der Waals surface area contributed by atoms with Crippen molar-refractivity contribution in [1.29, 1.82) is 5.26 Å². The van der Waals surface area contributed by atoms with Gasteiger partial charge in [0.05, 0.1) is 0 Å². The number of fused-ring (bicyclic) bond motifs is 1. The Kier molecular flexibility index (Phi) is 3.41. The van der Waals surface area contributed by atoms with Crippen molar-refractivity contribution in [2.24, 2.45) is 7.05 Å². The van der Waals surface area contributed by atoms with E-state index in [1.165, 1.54) is 4.57 Å². The molecule has 0 saturated carbocycles. The molecule has 2 aromatic rings. The Balaban J connectivity index is 2.16. The van der Waals surface area contributed by atoms with Gasteiger partial charge in [0.1, 0.15) is 11.6 Å². The molecule has 0 fully saturated rings. The third-order valence-electron chi connectivity index (χ3n) is 4.25. The Bertz CT molecular complexity index is 921. The molecule has 116 valence electrons. The maximum absolute atomic E-state index is 12.0. The van der Waals surface area contributed by atoms with Crippen molar-refractivity contribution in [3.63, 3.8) is 0 Å². The average molecular weight is 308 g/mol. The van der Waals surface area contributed by atoms with Crippen LogP contribution >= 0.6 is 0 Å². The number of rotatable bonds is 1. The number of carbonyl (C=O) groups excluding carboxylic acids is 1. The molecule has 2 heterocycles. The first-order chi connectivity index (χ1) is 10.9. The summed E-state index contributed by atoms with van der Waals surface area (Å²) in [4.78, 5) is 25.3. The van der Waals surface area contributed by atoms with Crippen molar-refractivity contribution in [3.05, 3.63) is 51.4 Å². The summed E-state index contributed by atoms with van der Waals surface area (Å²) in [6.07, 6.45) is 0. The van der Waals surface area contributed by atoms with E-state index >= 15 is 0 Å². The molecule has 6 nitrogen and oxygen atoms in total. The normalized spacial score (nSPS) is 13.3. The molecule has 1 N–H and O–H groups in total. The molecule has 0 unspecified atom stereocenters. The molecule has 6 heteroatoms. The number of hydrogen-bond donors (Lipinski definition) is 1.